The SMILES string of the molecule is Cc1ccc([C@H]2CCCN2S(=O)(=O)N2CCNC(=O)[C@H]2C)o1. The highest BCUT2D eigenvalue weighted by atomic mass is 32.2. The number of rotatable bonds is 3. The fourth-order valence-electron chi connectivity index (χ4n) is 3.14. The second-order valence-electron chi connectivity index (χ2n) is 5.80. The number of piperazine rings is 1. The predicted octanol–water partition coefficient (Wildman–Crippen LogP) is 0.790. The molecule has 0 aromatic carbocycles. The maximum atomic E-state index is 13.0. The quantitative estimate of drug-likeness (QED) is 0.890. The summed E-state index contributed by atoms with van der Waals surface area (Å²) in [4.78, 5) is 11.8. The molecule has 1 aromatic heterocycles. The first kappa shape index (κ1) is 15.5. The van der Waals surface area contributed by atoms with E-state index in [1.807, 2.05) is 19.1 Å². The zero-order valence-electron chi connectivity index (χ0n) is 12.8. The second-order valence-corrected chi connectivity index (χ2v) is 7.64. The van der Waals surface area contributed by atoms with Crippen LogP contribution in [0.3, 0.4) is 0 Å². The zero-order valence-corrected chi connectivity index (χ0v) is 13.6. The van der Waals surface area contributed by atoms with Crippen molar-refractivity contribution in [2.45, 2.75) is 38.8 Å². The average molecular weight is 327 g/mol. The van der Waals surface area contributed by atoms with Crippen molar-refractivity contribution in [3.05, 3.63) is 23.7 Å². The number of hydrogen-bond acceptors (Lipinski definition) is 4. The van der Waals surface area contributed by atoms with E-state index in [0.29, 0.717) is 25.4 Å². The third-order valence-corrected chi connectivity index (χ3v) is 6.45. The van der Waals surface area contributed by atoms with Crippen molar-refractivity contribution < 1.29 is 17.6 Å². The molecule has 2 atom stereocenters. The van der Waals surface area contributed by atoms with Crippen molar-refractivity contribution in [1.29, 1.82) is 0 Å². The number of nitrogens with zero attached hydrogens (tertiary/aromatic N) is 2. The molecule has 0 spiro atoms. The summed E-state index contributed by atoms with van der Waals surface area (Å²) in [5, 5.41) is 2.69. The zero-order chi connectivity index (χ0) is 15.9. The van der Waals surface area contributed by atoms with Gasteiger partial charge in [-0.25, -0.2) is 0 Å². The van der Waals surface area contributed by atoms with E-state index in [9.17, 15) is 13.2 Å². The lowest BCUT2D eigenvalue weighted by Crippen LogP contribution is -2.58. The Kier molecular flexibility index (Phi) is 4.00. The van der Waals surface area contributed by atoms with E-state index < -0.39 is 16.3 Å². The second kappa shape index (κ2) is 5.68. The number of carbonyl (C=O) groups is 1. The fourth-order valence-corrected chi connectivity index (χ4v) is 5.12. The number of carbonyl (C=O) groups excluding carboxylic acids is 1. The van der Waals surface area contributed by atoms with Gasteiger partial charge in [0.25, 0.3) is 10.2 Å². The highest BCUT2D eigenvalue weighted by molar-refractivity contribution is 7.86. The van der Waals surface area contributed by atoms with E-state index in [2.05, 4.69) is 5.32 Å². The minimum absolute atomic E-state index is 0.251. The maximum absolute atomic E-state index is 13.0. The van der Waals surface area contributed by atoms with Crippen molar-refractivity contribution >= 4 is 16.1 Å². The lowest BCUT2D eigenvalue weighted by Gasteiger charge is -2.36. The summed E-state index contributed by atoms with van der Waals surface area (Å²) < 4.78 is 34.3. The molecule has 0 unspecified atom stereocenters. The molecule has 122 valence electrons. The Morgan fingerprint density at radius 2 is 2.05 bits per heavy atom. The lowest BCUT2D eigenvalue weighted by atomic mass is 10.2. The van der Waals surface area contributed by atoms with E-state index in [1.54, 1.807) is 6.92 Å². The molecule has 0 radical (unpaired) electrons. The van der Waals surface area contributed by atoms with Gasteiger partial charge in [0, 0.05) is 19.6 Å². The van der Waals surface area contributed by atoms with Crippen LogP contribution in [0.1, 0.15) is 37.3 Å². The summed E-state index contributed by atoms with van der Waals surface area (Å²) in [5.74, 6) is 1.19. The first-order valence-corrected chi connectivity index (χ1v) is 8.93. The summed E-state index contributed by atoms with van der Waals surface area (Å²) in [5.41, 5.74) is 0. The van der Waals surface area contributed by atoms with Crippen LogP contribution in [0, 0.1) is 6.92 Å². The number of nitrogens with one attached hydrogen (secondary N) is 1. The maximum Gasteiger partial charge on any atom is 0.283 e. The molecule has 1 aromatic rings. The van der Waals surface area contributed by atoms with Crippen LogP contribution in [-0.4, -0.2) is 48.6 Å². The van der Waals surface area contributed by atoms with Gasteiger partial charge in [0.05, 0.1) is 6.04 Å². The van der Waals surface area contributed by atoms with Gasteiger partial charge < -0.3 is 9.73 Å². The van der Waals surface area contributed by atoms with E-state index in [-0.39, 0.29) is 11.9 Å². The Morgan fingerprint density at radius 3 is 2.73 bits per heavy atom. The van der Waals surface area contributed by atoms with Crippen LogP contribution in [0.5, 0.6) is 0 Å². The summed E-state index contributed by atoms with van der Waals surface area (Å²) in [6, 6.07) is 2.71. The van der Waals surface area contributed by atoms with Gasteiger partial charge in [-0.05, 0) is 38.8 Å². The molecule has 0 saturated carbocycles. The summed E-state index contributed by atoms with van der Waals surface area (Å²) in [6.45, 7) is 4.57. The standard InChI is InChI=1S/C14H21N3O4S/c1-10-5-6-13(21-10)12-4-3-8-17(12)22(19,20)16-9-7-15-14(18)11(16)2/h5-6,11-12H,3-4,7-9H2,1-2H3,(H,15,18)/t11-,12-/m1/s1. The van der Waals surface area contributed by atoms with Crippen molar-refractivity contribution in [3.8, 4) is 0 Å². The average Bonchev–Trinajstić information content (AvgIpc) is 3.10. The highest BCUT2D eigenvalue weighted by Crippen LogP contribution is 2.36. The van der Waals surface area contributed by atoms with E-state index in [4.69, 9.17) is 4.42 Å². The Bertz CT molecular complexity index is 669. The topological polar surface area (TPSA) is 82.9 Å². The minimum Gasteiger partial charge on any atom is -0.465 e. The first-order chi connectivity index (χ1) is 10.4. The molecule has 2 saturated heterocycles. The normalized spacial score (nSPS) is 28.0. The Balaban J connectivity index is 1.89. The van der Waals surface area contributed by atoms with Gasteiger partial charge in [0.1, 0.15) is 17.6 Å². The van der Waals surface area contributed by atoms with Crippen LogP contribution in [0.4, 0.5) is 0 Å². The highest BCUT2D eigenvalue weighted by Gasteiger charge is 2.44. The van der Waals surface area contributed by atoms with Crippen LogP contribution in [0.15, 0.2) is 16.5 Å². The molecule has 2 aliphatic heterocycles. The number of hydrogen-bond donors (Lipinski definition) is 1. The molecule has 3 rings (SSSR count). The monoisotopic (exact) mass is 327 g/mol. The molecule has 8 heteroatoms. The van der Waals surface area contributed by atoms with E-state index in [0.717, 1.165) is 18.6 Å². The van der Waals surface area contributed by atoms with Crippen molar-refractivity contribution in [1.82, 2.24) is 13.9 Å². The lowest BCUT2D eigenvalue weighted by molar-refractivity contribution is -0.126. The molecular formula is C14H21N3O4S. The molecule has 1 amide bonds. The molecule has 2 aliphatic rings. The molecule has 1 N–H and O–H groups in total. The van der Waals surface area contributed by atoms with Gasteiger partial charge in [0.15, 0.2) is 0 Å². The first-order valence-electron chi connectivity index (χ1n) is 7.54. The van der Waals surface area contributed by atoms with E-state index in [1.165, 1.54) is 8.61 Å². The molecule has 0 bridgehead atoms. The Morgan fingerprint density at radius 1 is 1.27 bits per heavy atom. The number of furan rings is 1. The van der Waals surface area contributed by atoms with Crippen molar-refractivity contribution in [2.24, 2.45) is 0 Å². The van der Waals surface area contributed by atoms with Crippen LogP contribution < -0.4 is 5.32 Å². The third kappa shape index (κ3) is 2.55. The number of amides is 1. The van der Waals surface area contributed by atoms with Crippen LogP contribution >= 0.6 is 0 Å². The fraction of sp³-hybridized carbons (Fsp3) is 0.643. The van der Waals surface area contributed by atoms with Gasteiger partial charge >= 0.3 is 0 Å². The molecule has 3 heterocycles. The smallest absolute Gasteiger partial charge is 0.283 e. The molecule has 2 fully saturated rings. The van der Waals surface area contributed by atoms with Crippen LogP contribution in [-0.2, 0) is 15.0 Å². The van der Waals surface area contributed by atoms with Crippen molar-refractivity contribution in [2.75, 3.05) is 19.6 Å². The molecule has 22 heavy (non-hydrogen) atoms. The van der Waals surface area contributed by atoms with E-state index >= 15 is 0 Å². The predicted molar refractivity (Wildman–Crippen MR) is 80.2 cm³/mol. The van der Waals surface area contributed by atoms with Crippen LogP contribution in [0.2, 0.25) is 0 Å². The van der Waals surface area contributed by atoms with Gasteiger partial charge in [0.2, 0.25) is 5.91 Å². The summed E-state index contributed by atoms with van der Waals surface area (Å²) >= 11 is 0. The largest absolute Gasteiger partial charge is 0.465 e. The Hall–Kier alpha value is -1.38. The Labute approximate surface area is 130 Å². The molecule has 7 nitrogen and oxygen atoms in total. The van der Waals surface area contributed by atoms with Gasteiger partial charge in [-0.2, -0.15) is 17.0 Å². The summed E-state index contributed by atoms with van der Waals surface area (Å²) in [7, 11) is -3.69. The van der Waals surface area contributed by atoms with Crippen molar-refractivity contribution in [3.63, 3.8) is 0 Å². The van der Waals surface area contributed by atoms with Gasteiger partial charge in [-0.15, -0.1) is 0 Å². The molecular weight excluding hydrogens is 306 g/mol. The van der Waals surface area contributed by atoms with Crippen LogP contribution in [0.25, 0.3) is 0 Å². The van der Waals surface area contributed by atoms with Gasteiger partial charge in [-0.3, -0.25) is 4.79 Å². The van der Waals surface area contributed by atoms with Gasteiger partial charge in [-0.1, -0.05) is 0 Å². The number of aryl methyl sites for hydroxylation is 1. The molecule has 0 aliphatic carbocycles. The summed E-state index contributed by atoms with van der Waals surface area (Å²) in [6.07, 6.45) is 1.53. The minimum atomic E-state index is -3.69. The third-order valence-electron chi connectivity index (χ3n) is 4.33.